The van der Waals surface area contributed by atoms with Crippen molar-refractivity contribution in [2.75, 3.05) is 19.0 Å². The number of aliphatic carboxylic acids is 1. The van der Waals surface area contributed by atoms with E-state index in [0.29, 0.717) is 6.42 Å². The van der Waals surface area contributed by atoms with Gasteiger partial charge >= 0.3 is 5.97 Å². The molecule has 0 saturated carbocycles. The van der Waals surface area contributed by atoms with Crippen molar-refractivity contribution in [3.63, 3.8) is 0 Å². The predicted molar refractivity (Wildman–Crippen MR) is 73.8 cm³/mol. The van der Waals surface area contributed by atoms with E-state index in [1.807, 2.05) is 54.0 Å². The van der Waals surface area contributed by atoms with E-state index in [1.54, 1.807) is 6.33 Å². The van der Waals surface area contributed by atoms with Gasteiger partial charge in [0.25, 0.3) is 0 Å². The number of aromatic nitrogens is 2. The van der Waals surface area contributed by atoms with E-state index in [0.717, 1.165) is 17.1 Å². The summed E-state index contributed by atoms with van der Waals surface area (Å²) in [5, 5.41) is 8.64. The highest BCUT2D eigenvalue weighted by atomic mass is 16.4. The molecule has 0 amide bonds. The molecular weight excluding hydrogens is 242 g/mol. The van der Waals surface area contributed by atoms with E-state index in [9.17, 15) is 4.79 Å². The van der Waals surface area contributed by atoms with Crippen LogP contribution in [0, 0.1) is 0 Å². The number of aryl methyl sites for hydroxylation is 1. The number of nitrogens with zero attached hydrogens (tertiary/aromatic N) is 3. The Balaban J connectivity index is 2.11. The lowest BCUT2D eigenvalue weighted by Gasteiger charge is -2.12. The van der Waals surface area contributed by atoms with Crippen molar-refractivity contribution in [2.45, 2.75) is 12.8 Å². The van der Waals surface area contributed by atoms with Crippen molar-refractivity contribution in [3.05, 3.63) is 42.5 Å². The van der Waals surface area contributed by atoms with Gasteiger partial charge in [0.1, 0.15) is 0 Å². The molecule has 2 aromatic rings. The van der Waals surface area contributed by atoms with Crippen LogP contribution >= 0.6 is 0 Å². The van der Waals surface area contributed by atoms with Gasteiger partial charge in [0.2, 0.25) is 0 Å². The van der Waals surface area contributed by atoms with E-state index in [1.165, 1.54) is 0 Å². The number of benzene rings is 1. The molecule has 2 rings (SSSR count). The van der Waals surface area contributed by atoms with E-state index < -0.39 is 5.97 Å². The second kappa shape index (κ2) is 5.56. The van der Waals surface area contributed by atoms with Crippen LogP contribution < -0.4 is 4.90 Å². The van der Waals surface area contributed by atoms with Crippen LogP contribution in [0.25, 0.3) is 5.69 Å². The van der Waals surface area contributed by atoms with Gasteiger partial charge in [-0.05, 0) is 24.3 Å². The molecule has 5 heteroatoms. The first kappa shape index (κ1) is 13.1. The third-order valence-electron chi connectivity index (χ3n) is 2.90. The summed E-state index contributed by atoms with van der Waals surface area (Å²) >= 11 is 0. The van der Waals surface area contributed by atoms with Crippen molar-refractivity contribution in [2.24, 2.45) is 0 Å². The summed E-state index contributed by atoms with van der Waals surface area (Å²) < 4.78 is 1.90. The highest BCUT2D eigenvalue weighted by molar-refractivity contribution is 5.66. The molecule has 0 spiro atoms. The van der Waals surface area contributed by atoms with Crippen LogP contribution in [0.15, 0.2) is 36.8 Å². The average Bonchev–Trinajstić information content (AvgIpc) is 2.85. The minimum atomic E-state index is -0.801. The quantitative estimate of drug-likeness (QED) is 0.891. The number of hydrogen-bond acceptors (Lipinski definition) is 3. The number of anilines is 1. The number of carboxylic acid groups (broad SMARTS) is 1. The van der Waals surface area contributed by atoms with Crippen LogP contribution in [0.1, 0.15) is 12.1 Å². The SMILES string of the molecule is CN(C)c1ccc(-n2cnc(CCC(=O)O)c2)cc1. The van der Waals surface area contributed by atoms with E-state index in [2.05, 4.69) is 4.98 Å². The zero-order chi connectivity index (χ0) is 13.8. The van der Waals surface area contributed by atoms with Crippen molar-refractivity contribution in [1.82, 2.24) is 9.55 Å². The summed E-state index contributed by atoms with van der Waals surface area (Å²) in [4.78, 5) is 16.8. The number of carbonyl (C=O) groups is 1. The Hall–Kier alpha value is -2.30. The first-order valence-electron chi connectivity index (χ1n) is 6.08. The number of rotatable bonds is 5. The predicted octanol–water partition coefficient (Wildman–Crippen LogP) is 1.96. The first-order chi connectivity index (χ1) is 9.06. The van der Waals surface area contributed by atoms with Crippen LogP contribution in [-0.2, 0) is 11.2 Å². The fourth-order valence-electron chi connectivity index (χ4n) is 1.79. The topological polar surface area (TPSA) is 58.4 Å². The smallest absolute Gasteiger partial charge is 0.303 e. The van der Waals surface area contributed by atoms with Gasteiger partial charge in [-0.1, -0.05) is 0 Å². The zero-order valence-electron chi connectivity index (χ0n) is 11.1. The van der Waals surface area contributed by atoms with Crippen molar-refractivity contribution in [3.8, 4) is 5.69 Å². The Labute approximate surface area is 112 Å². The maximum Gasteiger partial charge on any atom is 0.303 e. The average molecular weight is 259 g/mol. The number of hydrogen-bond donors (Lipinski definition) is 1. The van der Waals surface area contributed by atoms with Gasteiger partial charge in [-0.2, -0.15) is 0 Å². The van der Waals surface area contributed by atoms with E-state index >= 15 is 0 Å². The molecule has 1 aromatic heterocycles. The molecule has 1 N–H and O–H groups in total. The van der Waals surface area contributed by atoms with Crippen LogP contribution in [0.5, 0.6) is 0 Å². The largest absolute Gasteiger partial charge is 0.481 e. The summed E-state index contributed by atoms with van der Waals surface area (Å²) in [5.41, 5.74) is 2.94. The lowest BCUT2D eigenvalue weighted by Crippen LogP contribution is -2.08. The molecule has 19 heavy (non-hydrogen) atoms. The highest BCUT2D eigenvalue weighted by Gasteiger charge is 2.04. The molecule has 1 aromatic carbocycles. The fraction of sp³-hybridized carbons (Fsp3) is 0.286. The zero-order valence-corrected chi connectivity index (χ0v) is 11.1. The second-order valence-electron chi connectivity index (χ2n) is 4.58. The van der Waals surface area contributed by atoms with Crippen molar-refractivity contribution >= 4 is 11.7 Å². The molecule has 100 valence electrons. The summed E-state index contributed by atoms with van der Waals surface area (Å²) in [7, 11) is 3.99. The molecular formula is C14H17N3O2. The molecule has 1 heterocycles. The standard InChI is InChI=1S/C14H17N3O2/c1-16(2)12-4-6-13(7-5-12)17-9-11(15-10-17)3-8-14(18)19/h4-7,9-10H,3,8H2,1-2H3,(H,18,19). The van der Waals surface area contributed by atoms with Crippen LogP contribution in [0.2, 0.25) is 0 Å². The Morgan fingerprint density at radius 2 is 2.00 bits per heavy atom. The third-order valence-corrected chi connectivity index (χ3v) is 2.90. The Morgan fingerprint density at radius 1 is 1.32 bits per heavy atom. The van der Waals surface area contributed by atoms with Crippen molar-refractivity contribution < 1.29 is 9.90 Å². The number of carboxylic acids is 1. The van der Waals surface area contributed by atoms with Gasteiger partial charge in [-0.15, -0.1) is 0 Å². The van der Waals surface area contributed by atoms with Gasteiger partial charge in [-0.25, -0.2) is 4.98 Å². The highest BCUT2D eigenvalue weighted by Crippen LogP contribution is 2.16. The second-order valence-corrected chi connectivity index (χ2v) is 4.58. The first-order valence-corrected chi connectivity index (χ1v) is 6.08. The van der Waals surface area contributed by atoms with Crippen LogP contribution in [0.4, 0.5) is 5.69 Å². The molecule has 0 aliphatic rings. The molecule has 0 fully saturated rings. The molecule has 0 radical (unpaired) electrons. The lowest BCUT2D eigenvalue weighted by atomic mass is 10.2. The monoisotopic (exact) mass is 259 g/mol. The van der Waals surface area contributed by atoms with Gasteiger partial charge in [0.15, 0.2) is 0 Å². The minimum Gasteiger partial charge on any atom is -0.481 e. The third kappa shape index (κ3) is 3.34. The summed E-state index contributed by atoms with van der Waals surface area (Å²) in [6, 6.07) is 8.09. The summed E-state index contributed by atoms with van der Waals surface area (Å²) in [6.45, 7) is 0. The minimum absolute atomic E-state index is 0.108. The van der Waals surface area contributed by atoms with E-state index in [-0.39, 0.29) is 6.42 Å². The van der Waals surface area contributed by atoms with Gasteiger partial charge in [0.05, 0.1) is 18.4 Å². The van der Waals surface area contributed by atoms with Gasteiger partial charge in [-0.3, -0.25) is 4.79 Å². The molecule has 0 aliphatic heterocycles. The Bertz CT molecular complexity index is 558. The van der Waals surface area contributed by atoms with E-state index in [4.69, 9.17) is 5.11 Å². The Morgan fingerprint density at radius 3 is 2.58 bits per heavy atom. The number of imidazole rings is 1. The van der Waals surface area contributed by atoms with Crippen molar-refractivity contribution in [1.29, 1.82) is 0 Å². The van der Waals surface area contributed by atoms with Gasteiger partial charge in [0, 0.05) is 38.1 Å². The molecule has 5 nitrogen and oxygen atoms in total. The molecule has 0 aliphatic carbocycles. The molecule has 0 saturated heterocycles. The maximum absolute atomic E-state index is 10.5. The van der Waals surface area contributed by atoms with Crippen LogP contribution in [-0.4, -0.2) is 34.7 Å². The normalized spacial score (nSPS) is 10.4. The lowest BCUT2D eigenvalue weighted by molar-refractivity contribution is -0.136. The summed E-state index contributed by atoms with van der Waals surface area (Å²) in [5.74, 6) is -0.801. The molecule has 0 atom stereocenters. The molecule has 0 bridgehead atoms. The maximum atomic E-state index is 10.5. The summed E-state index contributed by atoms with van der Waals surface area (Å²) in [6.07, 6.45) is 4.14. The fourth-order valence-corrected chi connectivity index (χ4v) is 1.79. The van der Waals surface area contributed by atoms with Crippen LogP contribution in [0.3, 0.4) is 0 Å². The Kier molecular flexibility index (Phi) is 3.85. The molecule has 0 unspecified atom stereocenters. The van der Waals surface area contributed by atoms with Gasteiger partial charge < -0.3 is 14.6 Å².